The summed E-state index contributed by atoms with van der Waals surface area (Å²) in [5, 5.41) is 10.4. The Bertz CT molecular complexity index is 354. The molecule has 1 saturated heterocycles. The summed E-state index contributed by atoms with van der Waals surface area (Å²) in [4.78, 5) is 1.75. The second-order valence-corrected chi connectivity index (χ2v) is 4.91. The summed E-state index contributed by atoms with van der Waals surface area (Å²) in [6.45, 7) is 0. The van der Waals surface area contributed by atoms with E-state index in [-0.39, 0.29) is 0 Å². The molecule has 1 heterocycles. The Morgan fingerprint density at radius 1 is 1.43 bits per heavy atom. The van der Waals surface area contributed by atoms with Crippen LogP contribution in [0, 0.1) is 0 Å². The first-order chi connectivity index (χ1) is 6.64. The summed E-state index contributed by atoms with van der Waals surface area (Å²) in [5.41, 5.74) is -0.0296. The van der Waals surface area contributed by atoms with E-state index in [1.807, 2.05) is 37.4 Å². The van der Waals surface area contributed by atoms with Crippen LogP contribution in [0.5, 0.6) is 0 Å². The van der Waals surface area contributed by atoms with E-state index in [4.69, 9.17) is 12.2 Å². The third-order valence-corrected chi connectivity index (χ3v) is 4.16. The van der Waals surface area contributed by atoms with Gasteiger partial charge in [0.1, 0.15) is 4.32 Å². The average molecular weight is 225 g/mol. The molecule has 0 aromatic heterocycles. The smallest absolute Gasteiger partial charge is 0.174 e. The topological polar surface area (TPSA) is 23.5 Å². The Morgan fingerprint density at radius 3 is 2.57 bits per heavy atom. The largest absolute Gasteiger partial charge is 0.366 e. The molecule has 2 rings (SSSR count). The lowest BCUT2D eigenvalue weighted by molar-refractivity contribution is -0.0336. The maximum atomic E-state index is 10.4. The highest BCUT2D eigenvalue weighted by Crippen LogP contribution is 2.37. The molecule has 14 heavy (non-hydrogen) atoms. The predicted molar refractivity (Wildman–Crippen MR) is 63.2 cm³/mol. The number of rotatable bonds is 1. The van der Waals surface area contributed by atoms with Crippen LogP contribution in [-0.4, -0.2) is 27.1 Å². The lowest BCUT2D eigenvalue weighted by Gasteiger charge is -2.30. The van der Waals surface area contributed by atoms with Gasteiger partial charge in [0.2, 0.25) is 0 Å². The summed E-state index contributed by atoms with van der Waals surface area (Å²) in [6, 6.07) is 9.63. The number of thiocarbonyl (C=S) groups is 1. The van der Waals surface area contributed by atoms with E-state index in [1.165, 1.54) is 11.8 Å². The van der Waals surface area contributed by atoms with E-state index < -0.39 is 5.72 Å². The maximum Gasteiger partial charge on any atom is 0.174 e. The Hall–Kier alpha value is -0.580. The molecule has 1 fully saturated rings. The second kappa shape index (κ2) is 3.53. The first-order valence-electron chi connectivity index (χ1n) is 4.33. The van der Waals surface area contributed by atoms with E-state index in [2.05, 4.69) is 0 Å². The highest BCUT2D eigenvalue weighted by atomic mass is 32.2. The van der Waals surface area contributed by atoms with Crippen LogP contribution in [0.3, 0.4) is 0 Å². The van der Waals surface area contributed by atoms with Crippen LogP contribution < -0.4 is 0 Å². The number of thioether (sulfide) groups is 1. The van der Waals surface area contributed by atoms with E-state index in [0.29, 0.717) is 5.75 Å². The van der Waals surface area contributed by atoms with Gasteiger partial charge in [-0.1, -0.05) is 54.3 Å². The summed E-state index contributed by atoms with van der Waals surface area (Å²) in [5.74, 6) is 0.604. The summed E-state index contributed by atoms with van der Waals surface area (Å²) >= 11 is 6.63. The number of benzene rings is 1. The standard InChI is InChI=1S/C10H11NOS2/c1-11-9(13)14-7-10(11,12)8-5-3-2-4-6-8/h2-6,12H,7H2,1H3/t10-/m1/s1. The molecule has 1 aliphatic heterocycles. The van der Waals surface area contributed by atoms with Crippen LogP contribution in [0.4, 0.5) is 0 Å². The minimum Gasteiger partial charge on any atom is -0.366 e. The molecule has 0 spiro atoms. The third-order valence-electron chi connectivity index (χ3n) is 2.46. The third kappa shape index (κ3) is 1.43. The van der Waals surface area contributed by atoms with Crippen molar-refractivity contribution in [3.05, 3.63) is 35.9 Å². The van der Waals surface area contributed by atoms with Gasteiger partial charge in [-0.2, -0.15) is 0 Å². The molecular formula is C10H11NOS2. The molecule has 0 unspecified atom stereocenters. The van der Waals surface area contributed by atoms with Crippen molar-refractivity contribution in [2.24, 2.45) is 0 Å². The summed E-state index contributed by atoms with van der Waals surface area (Å²) < 4.78 is 0.747. The van der Waals surface area contributed by atoms with Crippen molar-refractivity contribution in [1.82, 2.24) is 4.90 Å². The van der Waals surface area contributed by atoms with Crippen molar-refractivity contribution in [2.75, 3.05) is 12.8 Å². The van der Waals surface area contributed by atoms with Crippen LogP contribution in [0.2, 0.25) is 0 Å². The molecular weight excluding hydrogens is 214 g/mol. The Balaban J connectivity index is 2.39. The SMILES string of the molecule is CN1C(=S)SC[C@@]1(O)c1ccccc1. The Morgan fingerprint density at radius 2 is 2.07 bits per heavy atom. The fourth-order valence-electron chi connectivity index (χ4n) is 1.49. The van der Waals surface area contributed by atoms with Crippen molar-refractivity contribution in [2.45, 2.75) is 5.72 Å². The van der Waals surface area contributed by atoms with Crippen molar-refractivity contribution >= 4 is 28.3 Å². The van der Waals surface area contributed by atoms with Gasteiger partial charge in [0.25, 0.3) is 0 Å². The number of nitrogens with zero attached hydrogens (tertiary/aromatic N) is 1. The van der Waals surface area contributed by atoms with Gasteiger partial charge in [0.15, 0.2) is 5.72 Å². The van der Waals surface area contributed by atoms with Crippen LogP contribution in [0.25, 0.3) is 0 Å². The molecule has 1 N–H and O–H groups in total. The number of hydrogen-bond acceptors (Lipinski definition) is 3. The average Bonchev–Trinajstić information content (AvgIpc) is 2.49. The molecule has 1 atom stereocenters. The zero-order chi connectivity index (χ0) is 10.2. The summed E-state index contributed by atoms with van der Waals surface area (Å²) in [6.07, 6.45) is 0. The normalized spacial score (nSPS) is 27.0. The fraction of sp³-hybridized carbons (Fsp3) is 0.300. The fourth-order valence-corrected chi connectivity index (χ4v) is 2.85. The minimum atomic E-state index is -0.928. The van der Waals surface area contributed by atoms with E-state index in [0.717, 1.165) is 9.88 Å². The second-order valence-electron chi connectivity index (χ2n) is 3.30. The van der Waals surface area contributed by atoms with E-state index in [9.17, 15) is 5.11 Å². The van der Waals surface area contributed by atoms with Crippen molar-refractivity contribution in [3.63, 3.8) is 0 Å². The molecule has 4 heteroatoms. The monoisotopic (exact) mass is 225 g/mol. The van der Waals surface area contributed by atoms with Crippen LogP contribution in [0.15, 0.2) is 30.3 Å². The first kappa shape index (κ1) is 9.96. The molecule has 0 radical (unpaired) electrons. The molecule has 2 nitrogen and oxygen atoms in total. The van der Waals surface area contributed by atoms with E-state index >= 15 is 0 Å². The lowest BCUT2D eigenvalue weighted by atomic mass is 10.0. The quantitative estimate of drug-likeness (QED) is 0.736. The minimum absolute atomic E-state index is 0.604. The van der Waals surface area contributed by atoms with Crippen LogP contribution >= 0.6 is 24.0 Å². The van der Waals surface area contributed by atoms with Gasteiger partial charge in [0.05, 0.1) is 5.75 Å². The van der Waals surface area contributed by atoms with Gasteiger partial charge < -0.3 is 10.0 Å². The molecule has 0 saturated carbocycles. The summed E-state index contributed by atoms with van der Waals surface area (Å²) in [7, 11) is 1.83. The van der Waals surface area contributed by atoms with E-state index in [1.54, 1.807) is 4.90 Å². The van der Waals surface area contributed by atoms with Crippen molar-refractivity contribution < 1.29 is 5.11 Å². The van der Waals surface area contributed by atoms with Gasteiger partial charge in [-0.25, -0.2) is 0 Å². The lowest BCUT2D eigenvalue weighted by Crippen LogP contribution is -2.41. The highest BCUT2D eigenvalue weighted by Gasteiger charge is 2.41. The van der Waals surface area contributed by atoms with Gasteiger partial charge >= 0.3 is 0 Å². The van der Waals surface area contributed by atoms with Crippen molar-refractivity contribution in [3.8, 4) is 0 Å². The Labute approximate surface area is 92.9 Å². The van der Waals surface area contributed by atoms with Gasteiger partial charge in [0, 0.05) is 12.6 Å². The predicted octanol–water partition coefficient (Wildman–Crippen LogP) is 1.80. The molecule has 0 amide bonds. The van der Waals surface area contributed by atoms with Gasteiger partial charge in [-0.15, -0.1) is 0 Å². The molecule has 1 aromatic carbocycles. The highest BCUT2D eigenvalue weighted by molar-refractivity contribution is 8.23. The molecule has 1 aromatic rings. The van der Waals surface area contributed by atoms with Crippen LogP contribution in [0.1, 0.15) is 5.56 Å². The molecule has 1 aliphatic rings. The Kier molecular flexibility index (Phi) is 2.51. The molecule has 0 bridgehead atoms. The van der Waals surface area contributed by atoms with Crippen LogP contribution in [-0.2, 0) is 5.72 Å². The van der Waals surface area contributed by atoms with Crippen molar-refractivity contribution in [1.29, 1.82) is 0 Å². The van der Waals surface area contributed by atoms with Gasteiger partial charge in [-0.05, 0) is 0 Å². The van der Waals surface area contributed by atoms with Gasteiger partial charge in [-0.3, -0.25) is 0 Å². The zero-order valence-corrected chi connectivity index (χ0v) is 9.44. The maximum absolute atomic E-state index is 10.4. The molecule has 0 aliphatic carbocycles. The number of aliphatic hydroxyl groups is 1. The number of hydrogen-bond donors (Lipinski definition) is 1. The first-order valence-corrected chi connectivity index (χ1v) is 5.72. The zero-order valence-electron chi connectivity index (χ0n) is 7.80. The molecule has 74 valence electrons.